The van der Waals surface area contributed by atoms with Gasteiger partial charge in [0.2, 0.25) is 0 Å². The first-order valence-corrected chi connectivity index (χ1v) is 7.15. The Balaban J connectivity index is 1.86. The number of nitrogens with zero attached hydrogens (tertiary/aromatic N) is 1. The Labute approximate surface area is 123 Å². The zero-order chi connectivity index (χ0) is 14.8. The zero-order valence-electron chi connectivity index (χ0n) is 11.9. The van der Waals surface area contributed by atoms with Crippen LogP contribution in [0.5, 0.6) is 11.5 Å². The molecular weight excluding hydrogens is 270 g/mol. The molecule has 2 heterocycles. The number of hydrogen-bond acceptors (Lipinski definition) is 5. The van der Waals surface area contributed by atoms with Gasteiger partial charge in [0, 0.05) is 6.61 Å². The van der Waals surface area contributed by atoms with E-state index in [2.05, 4.69) is 6.07 Å². The van der Waals surface area contributed by atoms with Crippen LogP contribution in [-0.4, -0.2) is 31.7 Å². The predicted octanol–water partition coefficient (Wildman–Crippen LogP) is 2.06. The Morgan fingerprint density at radius 2 is 2.05 bits per heavy atom. The highest BCUT2D eigenvalue weighted by molar-refractivity contribution is 5.92. The van der Waals surface area contributed by atoms with Gasteiger partial charge in [0.15, 0.2) is 17.3 Å². The number of fused-ring (bicyclic) bond motifs is 1. The molecule has 2 aliphatic rings. The minimum atomic E-state index is -0.827. The van der Waals surface area contributed by atoms with E-state index in [9.17, 15) is 10.1 Å². The molecule has 0 spiro atoms. The van der Waals surface area contributed by atoms with Crippen LogP contribution < -0.4 is 9.47 Å². The summed E-state index contributed by atoms with van der Waals surface area (Å²) in [4.78, 5) is 12.5. The van der Waals surface area contributed by atoms with Gasteiger partial charge in [0.1, 0.15) is 25.2 Å². The summed E-state index contributed by atoms with van der Waals surface area (Å²) >= 11 is 0. The van der Waals surface area contributed by atoms with Gasteiger partial charge in [-0.15, -0.1) is 0 Å². The summed E-state index contributed by atoms with van der Waals surface area (Å²) < 4.78 is 16.4. The van der Waals surface area contributed by atoms with Crippen molar-refractivity contribution < 1.29 is 19.0 Å². The molecule has 0 saturated carbocycles. The first-order chi connectivity index (χ1) is 10.2. The molecule has 0 N–H and O–H groups in total. The van der Waals surface area contributed by atoms with E-state index in [4.69, 9.17) is 14.2 Å². The van der Waals surface area contributed by atoms with Crippen molar-refractivity contribution in [3.8, 4) is 17.6 Å². The lowest BCUT2D eigenvalue weighted by Gasteiger charge is -2.21. The number of carbonyl (C=O) groups is 1. The predicted molar refractivity (Wildman–Crippen MR) is 74.3 cm³/mol. The third kappa shape index (κ3) is 2.59. The largest absolute Gasteiger partial charge is 0.486 e. The van der Waals surface area contributed by atoms with Gasteiger partial charge >= 0.3 is 0 Å². The SMILES string of the molecule is CC1CCOC1C(=O)C(C#N)c1ccc2c(c1)OCCO2. The average molecular weight is 287 g/mol. The zero-order valence-corrected chi connectivity index (χ0v) is 11.9. The fraction of sp³-hybridized carbons (Fsp3) is 0.500. The molecule has 21 heavy (non-hydrogen) atoms. The van der Waals surface area contributed by atoms with Crippen LogP contribution in [0.2, 0.25) is 0 Å². The summed E-state index contributed by atoms with van der Waals surface area (Å²) in [6.07, 6.45) is 0.373. The maximum atomic E-state index is 12.5. The summed E-state index contributed by atoms with van der Waals surface area (Å²) in [5.41, 5.74) is 0.634. The van der Waals surface area contributed by atoms with Crippen molar-refractivity contribution in [2.45, 2.75) is 25.4 Å². The molecule has 0 aromatic heterocycles. The molecule has 2 aliphatic heterocycles. The molecule has 0 bridgehead atoms. The normalized spacial score (nSPS) is 25.1. The van der Waals surface area contributed by atoms with Gasteiger partial charge in [-0.2, -0.15) is 5.26 Å². The molecule has 110 valence electrons. The summed E-state index contributed by atoms with van der Waals surface area (Å²) in [5.74, 6) is 0.405. The number of ether oxygens (including phenoxy) is 3. The highest BCUT2D eigenvalue weighted by Crippen LogP contribution is 2.34. The Hall–Kier alpha value is -2.06. The average Bonchev–Trinajstić information content (AvgIpc) is 2.94. The third-order valence-corrected chi connectivity index (χ3v) is 3.98. The minimum Gasteiger partial charge on any atom is -0.486 e. The van der Waals surface area contributed by atoms with Crippen LogP contribution in [0.4, 0.5) is 0 Å². The van der Waals surface area contributed by atoms with Crippen LogP contribution in [0.15, 0.2) is 18.2 Å². The quantitative estimate of drug-likeness (QED) is 0.851. The molecule has 0 aliphatic carbocycles. The number of ketones is 1. The molecule has 1 saturated heterocycles. The van der Waals surface area contributed by atoms with E-state index in [1.807, 2.05) is 6.92 Å². The molecule has 3 unspecified atom stereocenters. The van der Waals surface area contributed by atoms with E-state index < -0.39 is 12.0 Å². The number of hydrogen-bond donors (Lipinski definition) is 0. The van der Waals surface area contributed by atoms with E-state index in [1.54, 1.807) is 18.2 Å². The van der Waals surface area contributed by atoms with Crippen molar-refractivity contribution in [2.75, 3.05) is 19.8 Å². The van der Waals surface area contributed by atoms with Crippen LogP contribution in [0.1, 0.15) is 24.8 Å². The Morgan fingerprint density at radius 3 is 2.71 bits per heavy atom. The van der Waals surface area contributed by atoms with Crippen molar-refractivity contribution >= 4 is 5.78 Å². The summed E-state index contributed by atoms with van der Waals surface area (Å²) in [5, 5.41) is 9.40. The van der Waals surface area contributed by atoms with Crippen LogP contribution >= 0.6 is 0 Å². The lowest BCUT2D eigenvalue weighted by molar-refractivity contribution is -0.129. The highest BCUT2D eigenvalue weighted by atomic mass is 16.6. The Morgan fingerprint density at radius 1 is 1.29 bits per heavy atom. The standard InChI is InChI=1S/C16H17NO4/c1-10-4-5-21-16(10)15(18)12(9-17)11-2-3-13-14(8-11)20-7-6-19-13/h2-3,8,10,12,16H,4-7H2,1H3. The van der Waals surface area contributed by atoms with Gasteiger partial charge in [0.05, 0.1) is 6.07 Å². The summed E-state index contributed by atoms with van der Waals surface area (Å²) in [6, 6.07) is 7.32. The van der Waals surface area contributed by atoms with E-state index in [1.165, 1.54) is 0 Å². The number of benzene rings is 1. The lowest BCUT2D eigenvalue weighted by atomic mass is 9.88. The van der Waals surface area contributed by atoms with Crippen molar-refractivity contribution in [2.24, 2.45) is 5.92 Å². The molecule has 0 radical (unpaired) electrons. The van der Waals surface area contributed by atoms with Gasteiger partial charge in [-0.05, 0) is 30.0 Å². The fourth-order valence-electron chi connectivity index (χ4n) is 2.77. The maximum absolute atomic E-state index is 12.5. The van der Waals surface area contributed by atoms with Crippen molar-refractivity contribution in [1.29, 1.82) is 5.26 Å². The van der Waals surface area contributed by atoms with E-state index in [0.29, 0.717) is 36.9 Å². The molecule has 5 nitrogen and oxygen atoms in total. The van der Waals surface area contributed by atoms with Crippen molar-refractivity contribution in [3.63, 3.8) is 0 Å². The number of rotatable bonds is 3. The van der Waals surface area contributed by atoms with Crippen LogP contribution in [0.3, 0.4) is 0 Å². The van der Waals surface area contributed by atoms with E-state index >= 15 is 0 Å². The lowest BCUT2D eigenvalue weighted by Crippen LogP contribution is -2.30. The van der Waals surface area contributed by atoms with E-state index in [-0.39, 0.29) is 11.7 Å². The summed E-state index contributed by atoms with van der Waals surface area (Å²) in [6.45, 7) is 3.55. The molecule has 1 aromatic carbocycles. The van der Waals surface area contributed by atoms with Crippen LogP contribution in [0.25, 0.3) is 0 Å². The molecular formula is C16H17NO4. The second kappa shape index (κ2) is 5.74. The Kier molecular flexibility index (Phi) is 3.80. The van der Waals surface area contributed by atoms with Crippen molar-refractivity contribution in [3.05, 3.63) is 23.8 Å². The van der Waals surface area contributed by atoms with Gasteiger partial charge < -0.3 is 14.2 Å². The first-order valence-electron chi connectivity index (χ1n) is 7.15. The summed E-state index contributed by atoms with van der Waals surface area (Å²) in [7, 11) is 0. The number of Topliss-reactive ketones (excluding diaryl/α,β-unsaturated/α-hetero) is 1. The fourth-order valence-corrected chi connectivity index (χ4v) is 2.77. The molecule has 1 aromatic rings. The molecule has 1 fully saturated rings. The molecule has 3 rings (SSSR count). The molecule has 3 atom stereocenters. The first kappa shape index (κ1) is 13.9. The van der Waals surface area contributed by atoms with Gasteiger partial charge in [0.25, 0.3) is 0 Å². The van der Waals surface area contributed by atoms with Crippen LogP contribution in [-0.2, 0) is 9.53 Å². The number of nitriles is 1. The maximum Gasteiger partial charge on any atom is 0.183 e. The number of carbonyl (C=O) groups excluding carboxylic acids is 1. The van der Waals surface area contributed by atoms with Gasteiger partial charge in [-0.1, -0.05) is 13.0 Å². The second-order valence-electron chi connectivity index (χ2n) is 5.42. The highest BCUT2D eigenvalue weighted by Gasteiger charge is 2.36. The van der Waals surface area contributed by atoms with E-state index in [0.717, 1.165) is 6.42 Å². The van der Waals surface area contributed by atoms with Crippen LogP contribution in [0, 0.1) is 17.2 Å². The van der Waals surface area contributed by atoms with Gasteiger partial charge in [-0.25, -0.2) is 0 Å². The molecule has 0 amide bonds. The topological polar surface area (TPSA) is 68.6 Å². The smallest absolute Gasteiger partial charge is 0.183 e. The Bertz CT molecular complexity index is 592. The van der Waals surface area contributed by atoms with Crippen molar-refractivity contribution in [1.82, 2.24) is 0 Å². The van der Waals surface area contributed by atoms with Gasteiger partial charge in [-0.3, -0.25) is 4.79 Å². The molecule has 5 heteroatoms. The second-order valence-corrected chi connectivity index (χ2v) is 5.42. The monoisotopic (exact) mass is 287 g/mol. The third-order valence-electron chi connectivity index (χ3n) is 3.98. The minimum absolute atomic E-state index is 0.158.